The molecule has 2 heterocycles. The maximum atomic E-state index is 11.1. The first-order valence-electron chi connectivity index (χ1n) is 5.33. The lowest BCUT2D eigenvalue weighted by atomic mass is 9.94. The maximum absolute atomic E-state index is 11.1. The number of hydrogen-bond donors (Lipinski definition) is 2. The predicted molar refractivity (Wildman–Crippen MR) is 58.8 cm³/mol. The van der Waals surface area contributed by atoms with Gasteiger partial charge in [0.1, 0.15) is 5.75 Å². The van der Waals surface area contributed by atoms with Crippen molar-refractivity contribution in [2.45, 2.75) is 24.2 Å². The van der Waals surface area contributed by atoms with Crippen LogP contribution in [-0.4, -0.2) is 43.0 Å². The van der Waals surface area contributed by atoms with E-state index in [0.717, 1.165) is 19.2 Å². The summed E-state index contributed by atoms with van der Waals surface area (Å²) in [4.78, 5) is 3.94. The normalized spacial score (nSPS) is 26.0. The van der Waals surface area contributed by atoms with Crippen LogP contribution in [0.3, 0.4) is 0 Å². The van der Waals surface area contributed by atoms with Gasteiger partial charge in [-0.2, -0.15) is 4.98 Å². The number of hydrogen-bond acceptors (Lipinski definition) is 7. The zero-order valence-corrected chi connectivity index (χ0v) is 10.3. The third-order valence-corrected chi connectivity index (χ3v) is 3.40. The summed E-state index contributed by atoms with van der Waals surface area (Å²) in [6, 6.07) is 0. The van der Waals surface area contributed by atoms with Crippen LogP contribution in [0.5, 0.6) is 0 Å². The van der Waals surface area contributed by atoms with Crippen molar-refractivity contribution in [2.24, 2.45) is 0 Å². The lowest BCUT2D eigenvalue weighted by Crippen LogP contribution is -2.43. The molecule has 1 aliphatic heterocycles. The molecule has 8 heteroatoms. The number of piperidine rings is 1. The standard InChI is InChI=1S/C9H15N3O4S/c1-17(14,15)5-7-11-8(16-12-7)9(13)3-2-4-10-6-9/h10,13H,2-6H2,1H3. The van der Waals surface area contributed by atoms with Gasteiger partial charge in [-0.15, -0.1) is 0 Å². The third kappa shape index (κ3) is 3.02. The van der Waals surface area contributed by atoms with Gasteiger partial charge in [-0.3, -0.25) is 0 Å². The molecule has 0 aliphatic carbocycles. The summed E-state index contributed by atoms with van der Waals surface area (Å²) in [6.07, 6.45) is 2.43. The number of rotatable bonds is 3. The summed E-state index contributed by atoms with van der Waals surface area (Å²) in [6.45, 7) is 1.18. The van der Waals surface area contributed by atoms with E-state index in [4.69, 9.17) is 4.52 Å². The fourth-order valence-electron chi connectivity index (χ4n) is 1.81. The van der Waals surface area contributed by atoms with Crippen LogP contribution in [-0.2, 0) is 21.2 Å². The van der Waals surface area contributed by atoms with E-state index in [9.17, 15) is 13.5 Å². The van der Waals surface area contributed by atoms with E-state index in [2.05, 4.69) is 15.5 Å². The summed E-state index contributed by atoms with van der Waals surface area (Å²) >= 11 is 0. The van der Waals surface area contributed by atoms with E-state index in [1.54, 1.807) is 0 Å². The SMILES string of the molecule is CS(=O)(=O)Cc1noc(C2(O)CCCNC2)n1. The Bertz CT molecular complexity index is 490. The summed E-state index contributed by atoms with van der Waals surface area (Å²) in [5, 5.41) is 16.9. The number of sulfone groups is 1. The molecular formula is C9H15N3O4S. The fraction of sp³-hybridized carbons (Fsp3) is 0.778. The van der Waals surface area contributed by atoms with Crippen molar-refractivity contribution >= 4 is 9.84 Å². The van der Waals surface area contributed by atoms with Crippen LogP contribution in [0.2, 0.25) is 0 Å². The third-order valence-electron chi connectivity index (χ3n) is 2.62. The Morgan fingerprint density at radius 2 is 2.35 bits per heavy atom. The first kappa shape index (κ1) is 12.5. The van der Waals surface area contributed by atoms with Crippen LogP contribution in [0.15, 0.2) is 4.52 Å². The summed E-state index contributed by atoms with van der Waals surface area (Å²) in [7, 11) is -3.20. The van der Waals surface area contributed by atoms with Crippen LogP contribution in [0.1, 0.15) is 24.6 Å². The summed E-state index contributed by atoms with van der Waals surface area (Å²) in [5.74, 6) is -0.107. The molecular weight excluding hydrogens is 246 g/mol. The van der Waals surface area contributed by atoms with Crippen molar-refractivity contribution in [3.63, 3.8) is 0 Å². The van der Waals surface area contributed by atoms with E-state index in [1.165, 1.54) is 0 Å². The van der Waals surface area contributed by atoms with Crippen LogP contribution >= 0.6 is 0 Å². The van der Waals surface area contributed by atoms with E-state index >= 15 is 0 Å². The Balaban J connectivity index is 2.17. The molecule has 0 amide bonds. The van der Waals surface area contributed by atoms with Gasteiger partial charge in [0.05, 0.1) is 0 Å². The van der Waals surface area contributed by atoms with Gasteiger partial charge in [-0.25, -0.2) is 8.42 Å². The van der Waals surface area contributed by atoms with Crippen molar-refractivity contribution in [3.05, 3.63) is 11.7 Å². The highest BCUT2D eigenvalue weighted by atomic mass is 32.2. The van der Waals surface area contributed by atoms with Crippen LogP contribution < -0.4 is 5.32 Å². The van der Waals surface area contributed by atoms with E-state index in [1.807, 2.05) is 0 Å². The minimum Gasteiger partial charge on any atom is -0.379 e. The van der Waals surface area contributed by atoms with Crippen molar-refractivity contribution in [1.82, 2.24) is 15.5 Å². The first-order chi connectivity index (χ1) is 7.89. The molecule has 1 aromatic rings. The molecule has 1 fully saturated rings. The van der Waals surface area contributed by atoms with E-state index < -0.39 is 15.4 Å². The number of nitrogens with zero attached hydrogens (tertiary/aromatic N) is 2. The van der Waals surface area contributed by atoms with Gasteiger partial charge in [0.15, 0.2) is 21.3 Å². The van der Waals surface area contributed by atoms with Gasteiger partial charge in [-0.05, 0) is 19.4 Å². The van der Waals surface area contributed by atoms with Crippen LogP contribution in [0, 0.1) is 0 Å². The lowest BCUT2D eigenvalue weighted by molar-refractivity contribution is -0.0167. The molecule has 1 unspecified atom stereocenters. The highest BCUT2D eigenvalue weighted by Crippen LogP contribution is 2.26. The molecule has 0 radical (unpaired) electrons. The fourth-order valence-corrected chi connectivity index (χ4v) is 2.39. The first-order valence-corrected chi connectivity index (χ1v) is 7.39. The molecule has 17 heavy (non-hydrogen) atoms. The van der Waals surface area contributed by atoms with E-state index in [-0.39, 0.29) is 17.5 Å². The molecule has 0 bridgehead atoms. The zero-order chi connectivity index (χ0) is 12.5. The molecule has 0 aromatic carbocycles. The molecule has 2 rings (SSSR count). The second-order valence-corrected chi connectivity index (χ2v) is 6.54. The Labute approximate surface area is 99.1 Å². The highest BCUT2D eigenvalue weighted by Gasteiger charge is 2.37. The topological polar surface area (TPSA) is 105 Å². The van der Waals surface area contributed by atoms with Crippen molar-refractivity contribution in [2.75, 3.05) is 19.3 Å². The monoisotopic (exact) mass is 261 g/mol. The Morgan fingerprint density at radius 1 is 1.59 bits per heavy atom. The molecule has 1 atom stereocenters. The average Bonchev–Trinajstić information content (AvgIpc) is 2.65. The predicted octanol–water partition coefficient (Wildman–Crippen LogP) is -0.815. The second-order valence-electron chi connectivity index (χ2n) is 4.40. The number of aliphatic hydroxyl groups is 1. The number of aromatic nitrogens is 2. The zero-order valence-electron chi connectivity index (χ0n) is 9.51. The summed E-state index contributed by atoms with van der Waals surface area (Å²) in [5.41, 5.74) is -1.18. The van der Waals surface area contributed by atoms with E-state index in [0.29, 0.717) is 13.0 Å². The molecule has 7 nitrogen and oxygen atoms in total. The average molecular weight is 261 g/mol. The minimum atomic E-state index is -3.20. The molecule has 96 valence electrons. The smallest absolute Gasteiger partial charge is 0.259 e. The second kappa shape index (κ2) is 4.35. The minimum absolute atomic E-state index is 0.0847. The van der Waals surface area contributed by atoms with Gasteiger partial charge in [-0.1, -0.05) is 5.16 Å². The molecule has 2 N–H and O–H groups in total. The van der Waals surface area contributed by atoms with Crippen LogP contribution in [0.4, 0.5) is 0 Å². The van der Waals surface area contributed by atoms with Gasteiger partial charge < -0.3 is 14.9 Å². The lowest BCUT2D eigenvalue weighted by Gasteiger charge is -2.28. The molecule has 0 spiro atoms. The Hall–Kier alpha value is -0.990. The number of β-amino-alcohol motifs (C(OH)–C–C–N with tert-alkyl or cyclic N) is 1. The van der Waals surface area contributed by atoms with Gasteiger partial charge in [0, 0.05) is 12.8 Å². The van der Waals surface area contributed by atoms with Crippen molar-refractivity contribution in [3.8, 4) is 0 Å². The maximum Gasteiger partial charge on any atom is 0.259 e. The van der Waals surface area contributed by atoms with Crippen molar-refractivity contribution < 1.29 is 18.0 Å². The molecule has 1 saturated heterocycles. The van der Waals surface area contributed by atoms with Crippen molar-refractivity contribution in [1.29, 1.82) is 0 Å². The summed E-state index contributed by atoms with van der Waals surface area (Å²) < 4.78 is 27.1. The quantitative estimate of drug-likeness (QED) is 0.732. The van der Waals surface area contributed by atoms with Gasteiger partial charge in [0.25, 0.3) is 5.89 Å². The van der Waals surface area contributed by atoms with Gasteiger partial charge >= 0.3 is 0 Å². The molecule has 1 aromatic heterocycles. The largest absolute Gasteiger partial charge is 0.379 e. The Morgan fingerprint density at radius 3 is 2.94 bits per heavy atom. The highest BCUT2D eigenvalue weighted by molar-refractivity contribution is 7.89. The van der Waals surface area contributed by atoms with Gasteiger partial charge in [0.2, 0.25) is 0 Å². The Kier molecular flexibility index (Phi) is 3.19. The molecule has 0 saturated carbocycles. The number of nitrogens with one attached hydrogen (secondary N) is 1. The van der Waals surface area contributed by atoms with Crippen LogP contribution in [0.25, 0.3) is 0 Å². The molecule has 1 aliphatic rings.